The molecule has 6 rings (SSSR count). The number of benzene rings is 4. The Morgan fingerprint density at radius 3 is 2.61 bits per heavy atom. The quantitative estimate of drug-likeness (QED) is 0.0595. The Balaban J connectivity index is 1.24. The lowest BCUT2D eigenvalue weighted by Crippen LogP contribution is -2.54. The zero-order valence-electron chi connectivity index (χ0n) is 23.6. The van der Waals surface area contributed by atoms with Crippen molar-refractivity contribution in [2.24, 2.45) is 0 Å². The molecule has 1 aliphatic heterocycles. The van der Waals surface area contributed by atoms with Gasteiger partial charge in [0, 0.05) is 22.3 Å². The van der Waals surface area contributed by atoms with Crippen LogP contribution in [-0.2, 0) is 9.59 Å². The van der Waals surface area contributed by atoms with Gasteiger partial charge < -0.3 is 5.32 Å². The summed E-state index contributed by atoms with van der Waals surface area (Å²) < 4.78 is 1.33. The number of thiazole rings is 1. The number of halogens is 1. The largest absolute Gasteiger partial charge is 0.322 e. The van der Waals surface area contributed by atoms with E-state index in [1.807, 2.05) is 13.0 Å². The number of nitrogens with one attached hydrogen (secondary N) is 2. The molecule has 2 heterocycles. The number of thiocarbonyl (C=S) groups is 1. The molecule has 1 aliphatic rings. The van der Waals surface area contributed by atoms with Crippen molar-refractivity contribution in [2.75, 3.05) is 10.2 Å². The third-order valence-electron chi connectivity index (χ3n) is 6.78. The lowest BCUT2D eigenvalue weighted by atomic mass is 10.1. The van der Waals surface area contributed by atoms with Crippen LogP contribution in [0.4, 0.5) is 17.1 Å². The maximum Gasteiger partial charge on any atom is 0.283 e. The van der Waals surface area contributed by atoms with Crippen LogP contribution in [0.2, 0.25) is 5.02 Å². The molecular weight excluding hydrogens is 666 g/mol. The number of carbonyl (C=O) groups excluding carboxylic acids is 3. The smallest absolute Gasteiger partial charge is 0.283 e. The van der Waals surface area contributed by atoms with E-state index in [4.69, 9.17) is 23.8 Å². The summed E-state index contributed by atoms with van der Waals surface area (Å²) in [6, 6.07) is 23.3. The molecule has 1 saturated heterocycles. The van der Waals surface area contributed by atoms with E-state index >= 15 is 0 Å². The highest BCUT2D eigenvalue weighted by molar-refractivity contribution is 8.01. The van der Waals surface area contributed by atoms with Crippen molar-refractivity contribution in [3.8, 4) is 0 Å². The molecule has 228 valence electrons. The molecule has 1 aromatic heterocycles. The molecular formula is C32H20ClN5O5S3. The maximum atomic E-state index is 13.4. The molecule has 0 unspecified atom stereocenters. The molecule has 0 spiro atoms. The van der Waals surface area contributed by atoms with Crippen LogP contribution in [0.25, 0.3) is 16.3 Å². The van der Waals surface area contributed by atoms with Gasteiger partial charge in [0.05, 0.1) is 25.7 Å². The van der Waals surface area contributed by atoms with Crippen LogP contribution >= 0.6 is 46.9 Å². The van der Waals surface area contributed by atoms with E-state index in [2.05, 4.69) is 15.6 Å². The first-order valence-electron chi connectivity index (χ1n) is 13.5. The Morgan fingerprint density at radius 2 is 1.87 bits per heavy atom. The number of nitro groups is 1. The van der Waals surface area contributed by atoms with Gasteiger partial charge in [0.1, 0.15) is 5.57 Å². The minimum Gasteiger partial charge on any atom is -0.322 e. The van der Waals surface area contributed by atoms with Crippen LogP contribution in [0.3, 0.4) is 0 Å². The number of nitrogens with zero attached hydrogens (tertiary/aromatic N) is 3. The van der Waals surface area contributed by atoms with Crippen molar-refractivity contribution >= 4 is 103 Å². The average Bonchev–Trinajstić information content (AvgIpc) is 3.41. The van der Waals surface area contributed by atoms with Gasteiger partial charge in [-0.2, -0.15) is 0 Å². The fourth-order valence-electron chi connectivity index (χ4n) is 4.60. The second kappa shape index (κ2) is 12.8. The molecule has 0 radical (unpaired) electrons. The number of hydrogen-bond acceptors (Lipinski definition) is 9. The van der Waals surface area contributed by atoms with Crippen molar-refractivity contribution in [1.29, 1.82) is 0 Å². The van der Waals surface area contributed by atoms with E-state index in [1.165, 1.54) is 28.4 Å². The summed E-state index contributed by atoms with van der Waals surface area (Å²) in [6.07, 6.45) is 1.31. The number of nitro benzene ring substituents is 1. The fourth-order valence-corrected chi connectivity index (χ4v) is 7.16. The van der Waals surface area contributed by atoms with Gasteiger partial charge in [-0.3, -0.25) is 34.7 Å². The van der Waals surface area contributed by atoms with E-state index in [1.54, 1.807) is 72.8 Å². The van der Waals surface area contributed by atoms with Crippen LogP contribution in [-0.4, -0.2) is 32.7 Å². The first-order valence-corrected chi connectivity index (χ1v) is 15.9. The molecule has 0 aliphatic carbocycles. The highest BCUT2D eigenvalue weighted by Gasteiger charge is 2.34. The van der Waals surface area contributed by atoms with Gasteiger partial charge >= 0.3 is 0 Å². The number of carbonyl (C=O) groups is 3. The molecule has 5 aromatic rings. The molecule has 0 atom stereocenters. The second-order valence-electron chi connectivity index (χ2n) is 10.0. The molecule has 10 nitrogen and oxygen atoms in total. The molecule has 0 bridgehead atoms. The van der Waals surface area contributed by atoms with E-state index in [-0.39, 0.29) is 27.8 Å². The normalized spacial score (nSPS) is 14.1. The van der Waals surface area contributed by atoms with Crippen molar-refractivity contribution in [2.45, 2.75) is 16.2 Å². The van der Waals surface area contributed by atoms with E-state index in [9.17, 15) is 24.5 Å². The number of aromatic nitrogens is 1. The molecule has 0 saturated carbocycles. The number of fused-ring (bicyclic) bond motifs is 1. The summed E-state index contributed by atoms with van der Waals surface area (Å²) in [5.41, 5.74) is 2.94. The summed E-state index contributed by atoms with van der Waals surface area (Å²) >= 11 is 13.6. The van der Waals surface area contributed by atoms with Gasteiger partial charge in [0.15, 0.2) is 9.45 Å². The molecule has 3 amide bonds. The zero-order valence-corrected chi connectivity index (χ0v) is 26.9. The lowest BCUT2D eigenvalue weighted by molar-refractivity contribution is -0.387. The number of hydrogen-bond donors (Lipinski definition) is 2. The fraction of sp³-hybridized carbons (Fsp3) is 0.0312. The van der Waals surface area contributed by atoms with Crippen LogP contribution in [0.5, 0.6) is 0 Å². The summed E-state index contributed by atoms with van der Waals surface area (Å²) in [4.78, 5) is 56.4. The van der Waals surface area contributed by atoms with Gasteiger partial charge in [0.2, 0.25) is 0 Å². The van der Waals surface area contributed by atoms with Crippen LogP contribution in [0.15, 0.2) is 99.7 Å². The van der Waals surface area contributed by atoms with Crippen molar-refractivity contribution in [3.05, 3.63) is 122 Å². The maximum absolute atomic E-state index is 13.4. The van der Waals surface area contributed by atoms with Gasteiger partial charge in [0.25, 0.3) is 23.4 Å². The SMILES string of the molecule is Cc1cccc(N2C(=O)/C(=C/c3ccc(Sc4nc5ccc(NC(=O)c6ccc(Cl)cc6)cc5s4)c([N+](=O)[O-])c3)C(=O)NC2=S)c1. The first-order chi connectivity index (χ1) is 22.0. The van der Waals surface area contributed by atoms with Crippen molar-refractivity contribution < 1.29 is 19.3 Å². The third-order valence-corrected chi connectivity index (χ3v) is 9.46. The highest BCUT2D eigenvalue weighted by Crippen LogP contribution is 2.40. The average molecular weight is 686 g/mol. The van der Waals surface area contributed by atoms with Gasteiger partial charge in [-0.05, 0) is 97.0 Å². The second-order valence-corrected chi connectivity index (χ2v) is 13.1. The van der Waals surface area contributed by atoms with Gasteiger partial charge in [-0.1, -0.05) is 41.6 Å². The zero-order chi connectivity index (χ0) is 32.5. The molecule has 14 heteroatoms. The van der Waals surface area contributed by atoms with E-state index in [0.29, 0.717) is 36.7 Å². The Bertz CT molecular complexity index is 2130. The Morgan fingerprint density at radius 1 is 1.09 bits per heavy atom. The predicted molar refractivity (Wildman–Crippen MR) is 184 cm³/mol. The van der Waals surface area contributed by atoms with Crippen LogP contribution in [0, 0.1) is 17.0 Å². The first kappa shape index (κ1) is 31.0. The monoisotopic (exact) mass is 685 g/mol. The van der Waals surface area contributed by atoms with Gasteiger partial charge in [-0.25, -0.2) is 4.98 Å². The number of anilines is 2. The van der Waals surface area contributed by atoms with E-state index in [0.717, 1.165) is 22.0 Å². The topological polar surface area (TPSA) is 135 Å². The summed E-state index contributed by atoms with van der Waals surface area (Å²) in [6.45, 7) is 1.87. The Hall–Kier alpha value is -4.95. The molecule has 1 fully saturated rings. The highest BCUT2D eigenvalue weighted by atomic mass is 35.5. The van der Waals surface area contributed by atoms with Crippen LogP contribution < -0.4 is 15.5 Å². The molecule has 46 heavy (non-hydrogen) atoms. The van der Waals surface area contributed by atoms with Crippen molar-refractivity contribution in [1.82, 2.24) is 10.3 Å². The standard InChI is InChI=1S/C32H20ClN5O5S3/c1-17-3-2-4-22(13-17)37-30(41)23(29(40)36-31(37)44)14-18-5-12-26(25(15-18)38(42)43)45-32-35-24-11-10-21(16-27(24)46-32)34-28(39)19-6-8-20(33)9-7-19/h2-16H,1H3,(H,34,39)(H,36,40,44)/b23-14+. The van der Waals surface area contributed by atoms with E-state index < -0.39 is 16.7 Å². The number of amides is 3. The Labute approximate surface area is 280 Å². The third kappa shape index (κ3) is 6.53. The van der Waals surface area contributed by atoms with Crippen LogP contribution in [0.1, 0.15) is 21.5 Å². The predicted octanol–water partition coefficient (Wildman–Crippen LogP) is 7.40. The minimum absolute atomic E-state index is 0.0534. The van der Waals surface area contributed by atoms with Gasteiger partial charge in [-0.15, -0.1) is 11.3 Å². The van der Waals surface area contributed by atoms with Crippen molar-refractivity contribution in [3.63, 3.8) is 0 Å². The summed E-state index contributed by atoms with van der Waals surface area (Å²) in [5.74, 6) is -1.63. The summed E-state index contributed by atoms with van der Waals surface area (Å²) in [5, 5.41) is 17.9. The molecule has 2 N–H and O–H groups in total. The number of aryl methyl sites for hydroxylation is 1. The molecule has 4 aromatic carbocycles. The summed E-state index contributed by atoms with van der Waals surface area (Å²) in [7, 11) is 0. The minimum atomic E-state index is -0.696. The lowest BCUT2D eigenvalue weighted by Gasteiger charge is -2.29. The number of rotatable bonds is 7. The Kier molecular flexibility index (Phi) is 8.65.